The standard InChI is InChI=1S/C19H20N2O4S/c1-13-10-11-26-16(13)8-9-18(23)25-12-17(22)20-15-6-4-14(5-7-15)19(24)21(2)3/h4-11H,12H2,1-3H3,(H,20,22)/b9-8+. The lowest BCUT2D eigenvalue weighted by Gasteiger charge is -2.11. The minimum absolute atomic E-state index is 0.121. The van der Waals surface area contributed by atoms with Crippen molar-refractivity contribution < 1.29 is 19.1 Å². The Hall–Kier alpha value is -2.93. The van der Waals surface area contributed by atoms with Crippen molar-refractivity contribution >= 4 is 40.9 Å². The summed E-state index contributed by atoms with van der Waals surface area (Å²) in [7, 11) is 3.33. The van der Waals surface area contributed by atoms with Gasteiger partial charge in [0.05, 0.1) is 0 Å². The van der Waals surface area contributed by atoms with Crippen LogP contribution in [-0.2, 0) is 14.3 Å². The van der Waals surface area contributed by atoms with Crippen LogP contribution in [0.1, 0.15) is 20.8 Å². The number of hydrogen-bond donors (Lipinski definition) is 1. The predicted molar refractivity (Wildman–Crippen MR) is 102 cm³/mol. The van der Waals surface area contributed by atoms with Crippen LogP contribution < -0.4 is 5.32 Å². The topological polar surface area (TPSA) is 75.7 Å². The van der Waals surface area contributed by atoms with Crippen molar-refractivity contribution in [1.29, 1.82) is 0 Å². The molecule has 7 heteroatoms. The van der Waals surface area contributed by atoms with Crippen LogP contribution in [0.4, 0.5) is 5.69 Å². The normalized spacial score (nSPS) is 10.6. The van der Waals surface area contributed by atoms with Gasteiger partial charge in [-0.25, -0.2) is 4.79 Å². The number of carbonyl (C=O) groups excluding carboxylic acids is 3. The van der Waals surface area contributed by atoms with Crippen LogP contribution in [0, 0.1) is 6.92 Å². The summed E-state index contributed by atoms with van der Waals surface area (Å²) < 4.78 is 4.91. The molecule has 0 unspecified atom stereocenters. The average molecular weight is 372 g/mol. The number of nitrogens with zero attached hydrogens (tertiary/aromatic N) is 1. The molecular formula is C19H20N2O4S. The molecule has 0 saturated carbocycles. The third-order valence-corrected chi connectivity index (χ3v) is 4.42. The Kier molecular flexibility index (Phi) is 6.68. The molecule has 0 atom stereocenters. The average Bonchev–Trinajstić information content (AvgIpc) is 3.03. The maximum Gasteiger partial charge on any atom is 0.331 e. The van der Waals surface area contributed by atoms with Crippen molar-refractivity contribution in [1.82, 2.24) is 4.90 Å². The van der Waals surface area contributed by atoms with E-state index in [1.807, 2.05) is 18.4 Å². The maximum absolute atomic E-state index is 11.8. The van der Waals surface area contributed by atoms with Crippen LogP contribution >= 0.6 is 11.3 Å². The van der Waals surface area contributed by atoms with Gasteiger partial charge in [-0.05, 0) is 54.3 Å². The maximum atomic E-state index is 11.8. The van der Waals surface area contributed by atoms with Gasteiger partial charge in [0.2, 0.25) is 0 Å². The first-order valence-electron chi connectivity index (χ1n) is 7.87. The molecule has 2 aromatic rings. The van der Waals surface area contributed by atoms with Crippen LogP contribution in [0.25, 0.3) is 6.08 Å². The summed E-state index contributed by atoms with van der Waals surface area (Å²) in [4.78, 5) is 37.7. The van der Waals surface area contributed by atoms with Crippen molar-refractivity contribution in [3.63, 3.8) is 0 Å². The minimum Gasteiger partial charge on any atom is -0.452 e. The predicted octanol–water partition coefficient (Wildman–Crippen LogP) is 2.95. The lowest BCUT2D eigenvalue weighted by atomic mass is 10.2. The van der Waals surface area contributed by atoms with Crippen molar-refractivity contribution in [3.05, 3.63) is 57.8 Å². The Morgan fingerprint density at radius 1 is 1.15 bits per heavy atom. The van der Waals surface area contributed by atoms with E-state index in [4.69, 9.17) is 4.74 Å². The van der Waals surface area contributed by atoms with Gasteiger partial charge in [0.1, 0.15) is 0 Å². The fourth-order valence-corrected chi connectivity index (χ4v) is 2.85. The van der Waals surface area contributed by atoms with Crippen molar-refractivity contribution in [2.24, 2.45) is 0 Å². The first-order valence-corrected chi connectivity index (χ1v) is 8.75. The van der Waals surface area contributed by atoms with E-state index in [0.717, 1.165) is 10.4 Å². The number of hydrogen-bond acceptors (Lipinski definition) is 5. The molecular weight excluding hydrogens is 352 g/mol. The van der Waals surface area contributed by atoms with Gasteiger partial charge < -0.3 is 15.0 Å². The van der Waals surface area contributed by atoms with Crippen LogP contribution in [0.5, 0.6) is 0 Å². The number of rotatable bonds is 6. The molecule has 1 N–H and O–H groups in total. The highest BCUT2D eigenvalue weighted by Crippen LogP contribution is 2.17. The first kappa shape index (κ1) is 19.4. The third kappa shape index (κ3) is 5.56. The highest BCUT2D eigenvalue weighted by molar-refractivity contribution is 7.11. The van der Waals surface area contributed by atoms with Gasteiger partial charge in [0, 0.05) is 36.3 Å². The summed E-state index contributed by atoms with van der Waals surface area (Å²) >= 11 is 1.52. The van der Waals surface area contributed by atoms with E-state index in [-0.39, 0.29) is 12.5 Å². The Balaban J connectivity index is 1.81. The van der Waals surface area contributed by atoms with Crippen LogP contribution in [-0.4, -0.2) is 43.4 Å². The Morgan fingerprint density at radius 2 is 1.85 bits per heavy atom. The Morgan fingerprint density at radius 3 is 2.42 bits per heavy atom. The van der Waals surface area contributed by atoms with Gasteiger partial charge in [-0.3, -0.25) is 9.59 Å². The number of amides is 2. The second-order valence-corrected chi connectivity index (χ2v) is 6.68. The molecule has 136 valence electrons. The number of anilines is 1. The minimum atomic E-state index is -0.583. The molecule has 26 heavy (non-hydrogen) atoms. The summed E-state index contributed by atoms with van der Waals surface area (Å²) in [5, 5.41) is 4.54. The summed E-state index contributed by atoms with van der Waals surface area (Å²) in [5.41, 5.74) is 2.12. The third-order valence-electron chi connectivity index (χ3n) is 3.44. The molecule has 0 aliphatic heterocycles. The molecule has 0 spiro atoms. The zero-order chi connectivity index (χ0) is 19.1. The molecule has 0 aliphatic carbocycles. The smallest absolute Gasteiger partial charge is 0.331 e. The van der Waals surface area contributed by atoms with Crippen molar-refractivity contribution in [3.8, 4) is 0 Å². The second-order valence-electron chi connectivity index (χ2n) is 5.73. The highest BCUT2D eigenvalue weighted by Gasteiger charge is 2.09. The fraction of sp³-hybridized carbons (Fsp3) is 0.211. The summed E-state index contributed by atoms with van der Waals surface area (Å²) in [6, 6.07) is 8.44. The van der Waals surface area contributed by atoms with E-state index in [2.05, 4.69) is 5.32 Å². The molecule has 0 aliphatic rings. The van der Waals surface area contributed by atoms with Gasteiger partial charge in [-0.1, -0.05) is 0 Å². The van der Waals surface area contributed by atoms with Gasteiger partial charge in [0.25, 0.3) is 11.8 Å². The summed E-state index contributed by atoms with van der Waals surface area (Å²) in [5.74, 6) is -1.16. The molecule has 2 rings (SSSR count). The Bertz CT molecular complexity index is 822. The summed E-state index contributed by atoms with van der Waals surface area (Å²) in [6.45, 7) is 1.57. The van der Waals surface area contributed by atoms with E-state index in [9.17, 15) is 14.4 Å². The van der Waals surface area contributed by atoms with Crippen molar-refractivity contribution in [2.45, 2.75) is 6.92 Å². The molecule has 0 saturated heterocycles. The van der Waals surface area contributed by atoms with Gasteiger partial charge in [-0.2, -0.15) is 0 Å². The van der Waals surface area contributed by atoms with E-state index in [1.165, 1.54) is 22.3 Å². The fourth-order valence-electron chi connectivity index (χ4n) is 2.04. The summed E-state index contributed by atoms with van der Waals surface area (Å²) in [6.07, 6.45) is 2.97. The molecule has 2 amide bonds. The van der Waals surface area contributed by atoms with Gasteiger partial charge in [-0.15, -0.1) is 11.3 Å². The lowest BCUT2D eigenvalue weighted by Crippen LogP contribution is -2.22. The van der Waals surface area contributed by atoms with Crippen molar-refractivity contribution in [2.75, 3.05) is 26.0 Å². The molecule has 0 radical (unpaired) electrons. The zero-order valence-corrected chi connectivity index (χ0v) is 15.6. The van der Waals surface area contributed by atoms with E-state index in [0.29, 0.717) is 11.3 Å². The number of nitrogens with one attached hydrogen (secondary N) is 1. The molecule has 1 aromatic carbocycles. The number of ether oxygens (including phenoxy) is 1. The van der Waals surface area contributed by atoms with Crippen LogP contribution in [0.2, 0.25) is 0 Å². The van der Waals surface area contributed by atoms with Gasteiger partial charge >= 0.3 is 5.97 Å². The molecule has 1 aromatic heterocycles. The quantitative estimate of drug-likeness (QED) is 0.625. The number of thiophene rings is 1. The van der Waals surface area contributed by atoms with Gasteiger partial charge in [0.15, 0.2) is 6.61 Å². The molecule has 6 nitrogen and oxygen atoms in total. The monoisotopic (exact) mass is 372 g/mol. The molecule has 1 heterocycles. The largest absolute Gasteiger partial charge is 0.452 e. The zero-order valence-electron chi connectivity index (χ0n) is 14.8. The van der Waals surface area contributed by atoms with E-state index >= 15 is 0 Å². The second kappa shape index (κ2) is 8.96. The number of esters is 1. The molecule has 0 bridgehead atoms. The van der Waals surface area contributed by atoms with E-state index in [1.54, 1.807) is 44.4 Å². The van der Waals surface area contributed by atoms with Crippen LogP contribution in [0.15, 0.2) is 41.8 Å². The number of carbonyl (C=O) groups is 3. The number of aryl methyl sites for hydroxylation is 1. The van der Waals surface area contributed by atoms with Crippen LogP contribution in [0.3, 0.4) is 0 Å². The molecule has 0 fully saturated rings. The van der Waals surface area contributed by atoms with E-state index < -0.39 is 11.9 Å². The Labute approximate surface area is 156 Å². The number of benzene rings is 1. The highest BCUT2D eigenvalue weighted by atomic mass is 32.1. The SMILES string of the molecule is Cc1ccsc1/C=C/C(=O)OCC(=O)Nc1ccc(C(=O)N(C)C)cc1. The first-order chi connectivity index (χ1) is 12.4. The lowest BCUT2D eigenvalue weighted by molar-refractivity contribution is -0.142.